The Morgan fingerprint density at radius 1 is 1.20 bits per heavy atom. The highest BCUT2D eigenvalue weighted by Gasteiger charge is 2.21. The summed E-state index contributed by atoms with van der Waals surface area (Å²) < 4.78 is 5.85. The summed E-state index contributed by atoms with van der Waals surface area (Å²) in [6, 6.07) is 13.4. The van der Waals surface area contributed by atoms with E-state index in [1.54, 1.807) is 0 Å². The van der Waals surface area contributed by atoms with E-state index in [0.29, 0.717) is 12.2 Å². The van der Waals surface area contributed by atoms with Crippen LogP contribution < -0.4 is 10.1 Å². The SMILES string of the molecule is CC(NC(=O)c1cccc2c1OCCCC2)c1nc2ccccc2[nH]1. The number of hydrogen-bond acceptors (Lipinski definition) is 3. The zero-order chi connectivity index (χ0) is 17.2. The minimum absolute atomic E-state index is 0.133. The molecule has 1 aliphatic heterocycles. The molecule has 25 heavy (non-hydrogen) atoms. The molecule has 5 nitrogen and oxygen atoms in total. The van der Waals surface area contributed by atoms with E-state index in [-0.39, 0.29) is 11.9 Å². The summed E-state index contributed by atoms with van der Waals surface area (Å²) in [5.41, 5.74) is 3.58. The summed E-state index contributed by atoms with van der Waals surface area (Å²) in [5, 5.41) is 3.03. The molecule has 0 bridgehead atoms. The van der Waals surface area contributed by atoms with Gasteiger partial charge in [-0.05, 0) is 49.9 Å². The first-order valence-electron chi connectivity index (χ1n) is 8.72. The van der Waals surface area contributed by atoms with Gasteiger partial charge in [0.1, 0.15) is 11.6 Å². The number of benzene rings is 2. The van der Waals surface area contributed by atoms with Gasteiger partial charge >= 0.3 is 0 Å². The molecular formula is C20H21N3O2. The van der Waals surface area contributed by atoms with Crippen molar-refractivity contribution in [3.05, 3.63) is 59.4 Å². The summed E-state index contributed by atoms with van der Waals surface area (Å²) >= 11 is 0. The Labute approximate surface area is 146 Å². The number of fused-ring (bicyclic) bond motifs is 2. The molecule has 0 aliphatic carbocycles. The Kier molecular flexibility index (Phi) is 4.14. The molecule has 2 aromatic carbocycles. The number of carbonyl (C=O) groups excluding carboxylic acids is 1. The average Bonchev–Trinajstić information content (AvgIpc) is 2.92. The van der Waals surface area contributed by atoms with Crippen molar-refractivity contribution in [2.24, 2.45) is 0 Å². The van der Waals surface area contributed by atoms with Crippen LogP contribution in [0.4, 0.5) is 0 Å². The van der Waals surface area contributed by atoms with E-state index in [4.69, 9.17) is 4.74 Å². The van der Waals surface area contributed by atoms with Gasteiger partial charge in [-0.1, -0.05) is 24.3 Å². The van der Waals surface area contributed by atoms with Crippen molar-refractivity contribution in [3.63, 3.8) is 0 Å². The van der Waals surface area contributed by atoms with E-state index in [2.05, 4.69) is 15.3 Å². The number of aromatic nitrogens is 2. The molecule has 2 N–H and O–H groups in total. The van der Waals surface area contributed by atoms with Crippen LogP contribution in [0.3, 0.4) is 0 Å². The Morgan fingerprint density at radius 3 is 2.96 bits per heavy atom. The predicted octanol–water partition coefficient (Wildman–Crippen LogP) is 3.77. The van der Waals surface area contributed by atoms with Crippen LogP contribution in [0.25, 0.3) is 11.0 Å². The maximum Gasteiger partial charge on any atom is 0.255 e. The molecule has 2 heterocycles. The van der Waals surface area contributed by atoms with Crippen molar-refractivity contribution in [1.82, 2.24) is 15.3 Å². The summed E-state index contributed by atoms with van der Waals surface area (Å²) in [6.45, 7) is 2.59. The Morgan fingerprint density at radius 2 is 2.08 bits per heavy atom. The fraction of sp³-hybridized carbons (Fsp3) is 0.300. The Hall–Kier alpha value is -2.82. The number of ether oxygens (including phenoxy) is 1. The largest absolute Gasteiger partial charge is 0.492 e. The predicted molar refractivity (Wildman–Crippen MR) is 96.8 cm³/mol. The molecule has 1 aliphatic rings. The van der Waals surface area contributed by atoms with Crippen LogP contribution in [-0.2, 0) is 6.42 Å². The van der Waals surface area contributed by atoms with Gasteiger partial charge in [0, 0.05) is 0 Å². The summed E-state index contributed by atoms with van der Waals surface area (Å²) in [7, 11) is 0. The van der Waals surface area contributed by atoms with Crippen LogP contribution in [0.2, 0.25) is 0 Å². The maximum absolute atomic E-state index is 12.8. The van der Waals surface area contributed by atoms with Crippen LogP contribution in [0, 0.1) is 0 Å². The quantitative estimate of drug-likeness (QED) is 0.766. The minimum atomic E-state index is -0.221. The first kappa shape index (κ1) is 15.7. The molecule has 0 saturated carbocycles. The number of carbonyl (C=O) groups is 1. The first-order valence-corrected chi connectivity index (χ1v) is 8.72. The molecule has 3 aromatic rings. The highest BCUT2D eigenvalue weighted by molar-refractivity contribution is 5.97. The van der Waals surface area contributed by atoms with Crippen molar-refractivity contribution in [2.75, 3.05) is 6.61 Å². The number of amides is 1. The second-order valence-electron chi connectivity index (χ2n) is 6.43. The summed E-state index contributed by atoms with van der Waals surface area (Å²) in [4.78, 5) is 20.6. The van der Waals surface area contributed by atoms with Gasteiger partial charge in [0.2, 0.25) is 0 Å². The maximum atomic E-state index is 12.8. The molecule has 5 heteroatoms. The summed E-state index contributed by atoms with van der Waals surface area (Å²) in [6.07, 6.45) is 3.06. The number of aromatic amines is 1. The molecule has 1 aromatic heterocycles. The van der Waals surface area contributed by atoms with Crippen molar-refractivity contribution >= 4 is 16.9 Å². The van der Waals surface area contributed by atoms with Crippen molar-refractivity contribution in [2.45, 2.75) is 32.2 Å². The molecule has 1 amide bonds. The molecule has 0 fully saturated rings. The molecule has 0 radical (unpaired) electrons. The van der Waals surface area contributed by atoms with Gasteiger partial charge in [-0.25, -0.2) is 4.98 Å². The van der Waals surface area contributed by atoms with E-state index in [1.165, 1.54) is 0 Å². The average molecular weight is 335 g/mol. The number of para-hydroxylation sites is 3. The Bertz CT molecular complexity index is 883. The summed E-state index contributed by atoms with van der Waals surface area (Å²) in [5.74, 6) is 1.35. The lowest BCUT2D eigenvalue weighted by atomic mass is 10.0. The standard InChI is InChI=1S/C20H21N3O2/c1-13(19-22-16-10-2-3-11-17(16)23-19)21-20(24)15-9-6-8-14-7-4-5-12-25-18(14)15/h2-3,6,8-11,13H,4-5,7,12H2,1H3,(H,21,24)(H,22,23). The highest BCUT2D eigenvalue weighted by atomic mass is 16.5. The molecular weight excluding hydrogens is 314 g/mol. The van der Waals surface area contributed by atoms with Crippen LogP contribution >= 0.6 is 0 Å². The molecule has 1 atom stereocenters. The van der Waals surface area contributed by atoms with Crippen molar-refractivity contribution in [1.29, 1.82) is 0 Å². The number of nitrogens with one attached hydrogen (secondary N) is 2. The number of H-pyrrole nitrogens is 1. The van der Waals surface area contributed by atoms with Crippen molar-refractivity contribution < 1.29 is 9.53 Å². The van der Waals surface area contributed by atoms with Crippen LogP contribution in [0.15, 0.2) is 42.5 Å². The number of hydrogen-bond donors (Lipinski definition) is 2. The number of aryl methyl sites for hydroxylation is 1. The zero-order valence-electron chi connectivity index (χ0n) is 14.2. The fourth-order valence-electron chi connectivity index (χ4n) is 3.24. The van der Waals surface area contributed by atoms with Gasteiger partial charge < -0.3 is 15.0 Å². The van der Waals surface area contributed by atoms with Gasteiger partial charge in [0.05, 0.1) is 29.2 Å². The third-order valence-electron chi connectivity index (χ3n) is 4.59. The second kappa shape index (κ2) is 6.59. The van der Waals surface area contributed by atoms with E-state index >= 15 is 0 Å². The van der Waals surface area contributed by atoms with Gasteiger partial charge in [-0.3, -0.25) is 4.79 Å². The van der Waals surface area contributed by atoms with Gasteiger partial charge in [-0.2, -0.15) is 0 Å². The lowest BCUT2D eigenvalue weighted by Crippen LogP contribution is -2.28. The van der Waals surface area contributed by atoms with Gasteiger partial charge in [0.25, 0.3) is 5.91 Å². The second-order valence-corrected chi connectivity index (χ2v) is 6.43. The van der Waals surface area contributed by atoms with E-state index < -0.39 is 0 Å². The van der Waals surface area contributed by atoms with Gasteiger partial charge in [0.15, 0.2) is 0 Å². The molecule has 128 valence electrons. The first-order chi connectivity index (χ1) is 12.2. The lowest BCUT2D eigenvalue weighted by molar-refractivity contribution is 0.0934. The molecule has 4 rings (SSSR count). The topological polar surface area (TPSA) is 67.0 Å². The van der Waals surface area contributed by atoms with Crippen LogP contribution in [0.5, 0.6) is 5.75 Å². The van der Waals surface area contributed by atoms with Crippen molar-refractivity contribution in [3.8, 4) is 5.75 Å². The van der Waals surface area contributed by atoms with E-state index in [0.717, 1.165) is 47.4 Å². The van der Waals surface area contributed by atoms with Crippen LogP contribution in [-0.4, -0.2) is 22.5 Å². The third-order valence-corrected chi connectivity index (χ3v) is 4.59. The van der Waals surface area contributed by atoms with E-state index in [9.17, 15) is 4.79 Å². The monoisotopic (exact) mass is 335 g/mol. The lowest BCUT2D eigenvalue weighted by Gasteiger charge is -2.15. The molecule has 0 spiro atoms. The number of imidazole rings is 1. The number of nitrogens with zero attached hydrogens (tertiary/aromatic N) is 1. The Balaban J connectivity index is 1.57. The molecule has 0 saturated heterocycles. The minimum Gasteiger partial charge on any atom is -0.492 e. The third kappa shape index (κ3) is 3.09. The number of rotatable bonds is 3. The smallest absolute Gasteiger partial charge is 0.255 e. The fourth-order valence-corrected chi connectivity index (χ4v) is 3.24. The van der Waals surface area contributed by atoms with Gasteiger partial charge in [-0.15, -0.1) is 0 Å². The van der Waals surface area contributed by atoms with Crippen LogP contribution in [0.1, 0.15) is 47.6 Å². The zero-order valence-corrected chi connectivity index (χ0v) is 14.2. The normalized spacial score (nSPS) is 15.1. The van der Waals surface area contributed by atoms with E-state index in [1.807, 2.05) is 49.4 Å². The highest BCUT2D eigenvalue weighted by Crippen LogP contribution is 2.29. The molecule has 1 unspecified atom stereocenters.